The third-order valence-electron chi connectivity index (χ3n) is 3.83. The highest BCUT2D eigenvalue weighted by Crippen LogP contribution is 2.27. The number of thioether (sulfide) groups is 1. The Bertz CT molecular complexity index is 962. The Kier molecular flexibility index (Phi) is 5.85. The summed E-state index contributed by atoms with van der Waals surface area (Å²) < 4.78 is 37.6. The van der Waals surface area contributed by atoms with Gasteiger partial charge in [-0.15, -0.1) is 10.2 Å². The quantitative estimate of drug-likeness (QED) is 0.442. The first-order valence-electron chi connectivity index (χ1n) is 8.08. The maximum atomic E-state index is 13.8. The second-order valence-electron chi connectivity index (χ2n) is 5.70. The molecule has 1 atom stereocenters. The van der Waals surface area contributed by atoms with Crippen LogP contribution in [0.3, 0.4) is 0 Å². The zero-order valence-corrected chi connectivity index (χ0v) is 15.4. The van der Waals surface area contributed by atoms with E-state index in [0.717, 1.165) is 29.5 Å². The van der Waals surface area contributed by atoms with Crippen molar-refractivity contribution in [3.63, 3.8) is 0 Å². The number of Topliss-reactive ketones (excluding diaryl/α,β-unsaturated/α-hetero) is 1. The fraction of sp³-hybridized carbons (Fsp3) is 0.211. The molecule has 0 fully saturated rings. The van der Waals surface area contributed by atoms with Crippen molar-refractivity contribution in [3.05, 3.63) is 71.1 Å². The zero-order chi connectivity index (χ0) is 19.4. The summed E-state index contributed by atoms with van der Waals surface area (Å²) in [4.78, 5) is 12.4. The number of rotatable bonds is 7. The highest BCUT2D eigenvalue weighted by molar-refractivity contribution is 8.00. The minimum atomic E-state index is -0.894. The van der Waals surface area contributed by atoms with E-state index >= 15 is 0 Å². The van der Waals surface area contributed by atoms with Crippen LogP contribution >= 0.6 is 11.8 Å². The molecule has 0 radical (unpaired) electrons. The first-order chi connectivity index (χ1) is 13.0. The van der Waals surface area contributed by atoms with Crippen molar-refractivity contribution in [2.75, 3.05) is 7.11 Å². The van der Waals surface area contributed by atoms with Gasteiger partial charge in [-0.05, 0) is 25.1 Å². The molecule has 8 heteroatoms. The van der Waals surface area contributed by atoms with E-state index in [4.69, 9.17) is 9.15 Å². The fourth-order valence-corrected chi connectivity index (χ4v) is 3.25. The molecule has 0 aliphatic carbocycles. The van der Waals surface area contributed by atoms with Gasteiger partial charge in [0.15, 0.2) is 5.78 Å². The van der Waals surface area contributed by atoms with Gasteiger partial charge in [-0.2, -0.15) is 0 Å². The van der Waals surface area contributed by atoms with Crippen LogP contribution in [0.5, 0.6) is 5.75 Å². The Hall–Kier alpha value is -2.74. The van der Waals surface area contributed by atoms with Gasteiger partial charge in [0.25, 0.3) is 5.22 Å². The van der Waals surface area contributed by atoms with Crippen LogP contribution in [-0.4, -0.2) is 28.3 Å². The van der Waals surface area contributed by atoms with E-state index in [1.807, 2.05) is 24.3 Å². The van der Waals surface area contributed by atoms with Crippen molar-refractivity contribution in [1.29, 1.82) is 0 Å². The molecule has 27 heavy (non-hydrogen) atoms. The Labute approximate surface area is 158 Å². The minimum Gasteiger partial charge on any atom is -0.496 e. The van der Waals surface area contributed by atoms with E-state index < -0.39 is 22.7 Å². The van der Waals surface area contributed by atoms with E-state index in [2.05, 4.69) is 10.2 Å². The minimum absolute atomic E-state index is 0.176. The molecule has 0 spiro atoms. The van der Waals surface area contributed by atoms with Crippen molar-refractivity contribution in [2.24, 2.45) is 0 Å². The highest BCUT2D eigenvalue weighted by atomic mass is 32.2. The lowest BCUT2D eigenvalue weighted by Crippen LogP contribution is -2.15. The van der Waals surface area contributed by atoms with Crippen LogP contribution < -0.4 is 4.74 Å². The van der Waals surface area contributed by atoms with E-state index in [1.54, 1.807) is 14.0 Å². The van der Waals surface area contributed by atoms with E-state index in [-0.39, 0.29) is 10.8 Å². The summed E-state index contributed by atoms with van der Waals surface area (Å²) in [5.41, 5.74) is 0.711. The number of carbonyl (C=O) groups is 1. The van der Waals surface area contributed by atoms with Gasteiger partial charge in [0, 0.05) is 11.6 Å². The molecule has 3 aromatic rings. The molecule has 1 aromatic heterocycles. The van der Waals surface area contributed by atoms with Crippen molar-refractivity contribution in [2.45, 2.75) is 23.8 Å². The van der Waals surface area contributed by atoms with Gasteiger partial charge in [-0.25, -0.2) is 8.78 Å². The van der Waals surface area contributed by atoms with Gasteiger partial charge in [0.2, 0.25) is 5.89 Å². The third-order valence-corrected chi connectivity index (χ3v) is 4.76. The number of benzene rings is 2. The Morgan fingerprint density at radius 2 is 2.00 bits per heavy atom. The number of aromatic nitrogens is 2. The van der Waals surface area contributed by atoms with E-state index in [0.29, 0.717) is 24.1 Å². The molecule has 0 N–H and O–H groups in total. The van der Waals surface area contributed by atoms with Gasteiger partial charge in [0.05, 0.1) is 24.3 Å². The molecule has 0 aliphatic rings. The zero-order valence-electron chi connectivity index (χ0n) is 14.6. The molecule has 0 amide bonds. The second-order valence-corrected chi connectivity index (χ2v) is 6.99. The molecule has 5 nitrogen and oxygen atoms in total. The number of methoxy groups -OCH3 is 1. The average Bonchev–Trinajstić information content (AvgIpc) is 3.08. The summed E-state index contributed by atoms with van der Waals surface area (Å²) in [6.07, 6.45) is 0.381. The van der Waals surface area contributed by atoms with Crippen molar-refractivity contribution in [3.8, 4) is 5.75 Å². The number of carbonyl (C=O) groups excluding carboxylic acids is 1. The van der Waals surface area contributed by atoms with Crippen molar-refractivity contribution >= 4 is 17.5 Å². The van der Waals surface area contributed by atoms with Gasteiger partial charge >= 0.3 is 0 Å². The predicted octanol–water partition coefficient (Wildman–Crippen LogP) is 4.31. The third kappa shape index (κ3) is 4.51. The normalized spacial score (nSPS) is 12.0. The van der Waals surface area contributed by atoms with Gasteiger partial charge in [-0.3, -0.25) is 4.79 Å². The summed E-state index contributed by atoms with van der Waals surface area (Å²) in [6.45, 7) is 1.60. The summed E-state index contributed by atoms with van der Waals surface area (Å²) in [5.74, 6) is -1.03. The summed E-state index contributed by atoms with van der Waals surface area (Å²) in [5, 5.41) is 7.41. The Balaban J connectivity index is 1.69. The number of para-hydroxylation sites is 1. The van der Waals surface area contributed by atoms with Gasteiger partial charge in [-0.1, -0.05) is 30.0 Å². The lowest BCUT2D eigenvalue weighted by molar-refractivity contribution is 0.0989. The molecule has 2 aromatic carbocycles. The monoisotopic (exact) mass is 390 g/mol. The second kappa shape index (κ2) is 8.30. The molecular weight excluding hydrogens is 374 g/mol. The molecule has 0 saturated carbocycles. The van der Waals surface area contributed by atoms with Crippen LogP contribution in [0.15, 0.2) is 52.1 Å². The SMILES string of the molecule is COc1ccccc1Cc1nnc(SC(C)C(=O)c2ccc(F)cc2F)o1. The lowest BCUT2D eigenvalue weighted by Gasteiger charge is -2.08. The van der Waals surface area contributed by atoms with E-state index in [9.17, 15) is 13.6 Å². The molecule has 0 saturated heterocycles. The summed E-state index contributed by atoms with van der Waals surface area (Å²) >= 11 is 1.02. The lowest BCUT2D eigenvalue weighted by atomic mass is 10.1. The standard InChI is InChI=1S/C19H16F2N2O3S/c1-11(18(24)14-8-7-13(20)10-15(14)21)27-19-23-22-17(26-19)9-12-5-3-4-6-16(12)25-2/h3-8,10-11H,9H2,1-2H3. The van der Waals surface area contributed by atoms with Gasteiger partial charge in [0.1, 0.15) is 17.4 Å². The number of hydrogen-bond donors (Lipinski definition) is 0. The maximum absolute atomic E-state index is 13.8. The number of hydrogen-bond acceptors (Lipinski definition) is 6. The highest BCUT2D eigenvalue weighted by Gasteiger charge is 2.22. The summed E-state index contributed by atoms with van der Waals surface area (Å²) in [6, 6.07) is 10.3. The van der Waals surface area contributed by atoms with Crippen LogP contribution in [0.4, 0.5) is 8.78 Å². The number of nitrogens with zero attached hydrogens (tertiary/aromatic N) is 2. The molecular formula is C19H16F2N2O3S. The molecule has 0 aliphatic heterocycles. The van der Waals surface area contributed by atoms with E-state index in [1.165, 1.54) is 0 Å². The Morgan fingerprint density at radius 1 is 1.22 bits per heavy atom. The molecule has 1 unspecified atom stereocenters. The number of halogens is 2. The maximum Gasteiger partial charge on any atom is 0.277 e. The van der Waals surface area contributed by atoms with Crippen LogP contribution in [0, 0.1) is 11.6 Å². The van der Waals surface area contributed by atoms with Crippen LogP contribution in [0.2, 0.25) is 0 Å². The molecule has 0 bridgehead atoms. The van der Waals surface area contributed by atoms with Crippen LogP contribution in [-0.2, 0) is 6.42 Å². The predicted molar refractivity (Wildman–Crippen MR) is 96.1 cm³/mol. The van der Waals surface area contributed by atoms with Gasteiger partial charge < -0.3 is 9.15 Å². The molecule has 1 heterocycles. The average molecular weight is 390 g/mol. The van der Waals surface area contributed by atoms with Crippen LogP contribution in [0.25, 0.3) is 0 Å². The van der Waals surface area contributed by atoms with Crippen molar-refractivity contribution < 1.29 is 22.7 Å². The molecule has 140 valence electrons. The number of ether oxygens (including phenoxy) is 1. The Morgan fingerprint density at radius 3 is 2.74 bits per heavy atom. The largest absolute Gasteiger partial charge is 0.496 e. The fourth-order valence-electron chi connectivity index (χ4n) is 2.48. The van der Waals surface area contributed by atoms with Crippen LogP contribution in [0.1, 0.15) is 28.7 Å². The molecule has 3 rings (SSSR count). The first-order valence-corrected chi connectivity index (χ1v) is 8.96. The smallest absolute Gasteiger partial charge is 0.277 e. The number of ketones is 1. The summed E-state index contributed by atoms with van der Waals surface area (Å²) in [7, 11) is 1.58. The first kappa shape index (κ1) is 19.0. The topological polar surface area (TPSA) is 65.2 Å². The van der Waals surface area contributed by atoms with Crippen molar-refractivity contribution in [1.82, 2.24) is 10.2 Å².